The molecule has 5 heteroatoms. The van der Waals surface area contributed by atoms with E-state index in [2.05, 4.69) is 15.9 Å². The Balaban J connectivity index is 2.16. The van der Waals surface area contributed by atoms with Gasteiger partial charge in [-0.2, -0.15) is 0 Å². The maximum Gasteiger partial charge on any atom is 0.231 e. The number of anilines is 2. The van der Waals surface area contributed by atoms with E-state index in [1.54, 1.807) is 30.1 Å². The number of likely N-dealkylation sites (N-methyl/N-ethyl adjacent to an activating group) is 1. The Morgan fingerprint density at radius 1 is 1.30 bits per heavy atom. The van der Waals surface area contributed by atoms with Crippen LogP contribution < -0.4 is 10.6 Å². The fraction of sp³-hybridized carbons (Fsp3) is 0.133. The van der Waals surface area contributed by atoms with Gasteiger partial charge in [0.15, 0.2) is 0 Å². The van der Waals surface area contributed by atoms with Crippen LogP contribution in [0.15, 0.2) is 46.9 Å². The van der Waals surface area contributed by atoms with Crippen molar-refractivity contribution in [2.45, 2.75) is 6.42 Å². The minimum atomic E-state index is -0.0405. The zero-order chi connectivity index (χ0) is 14.7. The van der Waals surface area contributed by atoms with Crippen LogP contribution >= 0.6 is 27.5 Å². The highest BCUT2D eigenvalue weighted by Gasteiger charge is 2.14. The molecule has 0 aliphatic heterocycles. The second kappa shape index (κ2) is 6.29. The minimum absolute atomic E-state index is 0.0405. The number of carbonyl (C=O) groups excluding carboxylic acids is 1. The number of rotatable bonds is 3. The Labute approximate surface area is 131 Å². The average molecular weight is 354 g/mol. The summed E-state index contributed by atoms with van der Waals surface area (Å²) < 4.78 is 0.884. The van der Waals surface area contributed by atoms with Crippen LogP contribution in [0.5, 0.6) is 0 Å². The molecule has 0 radical (unpaired) electrons. The highest BCUT2D eigenvalue weighted by atomic mass is 79.9. The van der Waals surface area contributed by atoms with Crippen LogP contribution in [-0.4, -0.2) is 13.0 Å². The first kappa shape index (κ1) is 14.9. The molecule has 20 heavy (non-hydrogen) atoms. The lowest BCUT2D eigenvalue weighted by Gasteiger charge is -2.19. The monoisotopic (exact) mass is 352 g/mol. The normalized spacial score (nSPS) is 10.3. The largest absolute Gasteiger partial charge is 0.397 e. The van der Waals surface area contributed by atoms with E-state index >= 15 is 0 Å². The van der Waals surface area contributed by atoms with E-state index < -0.39 is 0 Å². The number of amides is 1. The predicted molar refractivity (Wildman–Crippen MR) is 87.1 cm³/mol. The van der Waals surface area contributed by atoms with Gasteiger partial charge in [-0.1, -0.05) is 39.7 Å². The standard InChI is InChI=1S/C15H14BrClN2O/c1-19(14-6-5-11(16)9-13(14)18)15(20)8-10-3-2-4-12(17)7-10/h2-7,9H,8,18H2,1H3. The van der Waals surface area contributed by atoms with Gasteiger partial charge >= 0.3 is 0 Å². The number of nitrogen functional groups attached to an aromatic ring is 1. The fourth-order valence-corrected chi connectivity index (χ4v) is 2.50. The van der Waals surface area contributed by atoms with Gasteiger partial charge in [0, 0.05) is 16.5 Å². The summed E-state index contributed by atoms with van der Waals surface area (Å²) in [5.74, 6) is -0.0405. The van der Waals surface area contributed by atoms with E-state index in [9.17, 15) is 4.79 Å². The van der Waals surface area contributed by atoms with Gasteiger partial charge in [-0.15, -0.1) is 0 Å². The van der Waals surface area contributed by atoms with Crippen molar-refractivity contribution in [3.8, 4) is 0 Å². The van der Waals surface area contributed by atoms with Crippen molar-refractivity contribution in [1.29, 1.82) is 0 Å². The molecular formula is C15H14BrClN2O. The van der Waals surface area contributed by atoms with Crippen molar-refractivity contribution in [2.75, 3.05) is 17.7 Å². The van der Waals surface area contributed by atoms with E-state index in [-0.39, 0.29) is 12.3 Å². The van der Waals surface area contributed by atoms with Crippen molar-refractivity contribution in [3.05, 3.63) is 57.5 Å². The number of hydrogen-bond donors (Lipinski definition) is 1. The van der Waals surface area contributed by atoms with Crippen LogP contribution in [0.2, 0.25) is 5.02 Å². The van der Waals surface area contributed by atoms with E-state index in [1.165, 1.54) is 0 Å². The van der Waals surface area contributed by atoms with Crippen LogP contribution in [0.1, 0.15) is 5.56 Å². The maximum atomic E-state index is 12.3. The molecule has 0 heterocycles. The quantitative estimate of drug-likeness (QED) is 0.851. The van der Waals surface area contributed by atoms with Crippen molar-refractivity contribution in [2.24, 2.45) is 0 Å². The molecule has 0 fully saturated rings. The second-order valence-corrected chi connectivity index (χ2v) is 5.81. The molecule has 0 aliphatic rings. The van der Waals surface area contributed by atoms with Gasteiger partial charge in [-0.05, 0) is 35.9 Å². The van der Waals surface area contributed by atoms with Gasteiger partial charge in [-0.25, -0.2) is 0 Å². The van der Waals surface area contributed by atoms with E-state index in [0.29, 0.717) is 16.4 Å². The van der Waals surface area contributed by atoms with Crippen LogP contribution in [-0.2, 0) is 11.2 Å². The summed E-state index contributed by atoms with van der Waals surface area (Å²) in [6.07, 6.45) is 0.284. The summed E-state index contributed by atoms with van der Waals surface area (Å²) in [6, 6.07) is 12.7. The Morgan fingerprint density at radius 2 is 2.05 bits per heavy atom. The SMILES string of the molecule is CN(C(=O)Cc1cccc(Cl)c1)c1ccc(Br)cc1N. The highest BCUT2D eigenvalue weighted by molar-refractivity contribution is 9.10. The van der Waals surface area contributed by atoms with Crippen LogP contribution in [0.25, 0.3) is 0 Å². The van der Waals surface area contributed by atoms with Crippen molar-refractivity contribution in [3.63, 3.8) is 0 Å². The first-order chi connectivity index (χ1) is 9.47. The Kier molecular flexibility index (Phi) is 4.68. The zero-order valence-electron chi connectivity index (χ0n) is 10.9. The first-order valence-electron chi connectivity index (χ1n) is 6.03. The molecule has 0 aliphatic carbocycles. The molecule has 0 aromatic heterocycles. The predicted octanol–water partition coefficient (Wildman–Crippen LogP) is 3.89. The maximum absolute atomic E-state index is 12.3. The topological polar surface area (TPSA) is 46.3 Å². The molecule has 0 spiro atoms. The van der Waals surface area contributed by atoms with Crippen molar-refractivity contribution < 1.29 is 4.79 Å². The van der Waals surface area contributed by atoms with Gasteiger partial charge in [-0.3, -0.25) is 4.79 Å². The van der Waals surface area contributed by atoms with Crippen LogP contribution in [0, 0.1) is 0 Å². The summed E-state index contributed by atoms with van der Waals surface area (Å²) in [5, 5.41) is 0.626. The molecule has 2 aromatic carbocycles. The zero-order valence-corrected chi connectivity index (χ0v) is 13.3. The third-order valence-corrected chi connectivity index (χ3v) is 3.70. The number of carbonyl (C=O) groups is 1. The lowest BCUT2D eigenvalue weighted by Crippen LogP contribution is -2.28. The van der Waals surface area contributed by atoms with Crippen LogP contribution in [0.3, 0.4) is 0 Å². The second-order valence-electron chi connectivity index (χ2n) is 4.46. The Morgan fingerprint density at radius 3 is 2.70 bits per heavy atom. The van der Waals surface area contributed by atoms with Gasteiger partial charge in [0.1, 0.15) is 0 Å². The Hall–Kier alpha value is -1.52. The number of nitrogens with two attached hydrogens (primary N) is 1. The smallest absolute Gasteiger partial charge is 0.231 e. The Bertz CT molecular complexity index is 646. The minimum Gasteiger partial charge on any atom is -0.397 e. The fourth-order valence-electron chi connectivity index (χ4n) is 1.91. The van der Waals surface area contributed by atoms with Crippen LogP contribution in [0.4, 0.5) is 11.4 Å². The molecule has 0 atom stereocenters. The van der Waals surface area contributed by atoms with Crippen molar-refractivity contribution >= 4 is 44.8 Å². The molecule has 0 saturated heterocycles. The van der Waals surface area contributed by atoms with E-state index in [1.807, 2.05) is 24.3 Å². The van der Waals surface area contributed by atoms with E-state index in [0.717, 1.165) is 10.0 Å². The van der Waals surface area contributed by atoms with E-state index in [4.69, 9.17) is 17.3 Å². The summed E-state index contributed by atoms with van der Waals surface area (Å²) in [6.45, 7) is 0. The van der Waals surface area contributed by atoms with Crippen molar-refractivity contribution in [1.82, 2.24) is 0 Å². The first-order valence-corrected chi connectivity index (χ1v) is 7.20. The number of nitrogens with zero attached hydrogens (tertiary/aromatic N) is 1. The summed E-state index contributed by atoms with van der Waals surface area (Å²) in [4.78, 5) is 13.8. The van der Waals surface area contributed by atoms with Gasteiger partial charge in [0.2, 0.25) is 5.91 Å². The molecule has 1 amide bonds. The summed E-state index contributed by atoms with van der Waals surface area (Å²) in [5.41, 5.74) is 8.06. The summed E-state index contributed by atoms with van der Waals surface area (Å²) in [7, 11) is 1.71. The molecule has 2 rings (SSSR count). The number of benzene rings is 2. The average Bonchev–Trinajstić information content (AvgIpc) is 2.38. The molecule has 0 bridgehead atoms. The third kappa shape index (κ3) is 3.52. The molecule has 2 N–H and O–H groups in total. The van der Waals surface area contributed by atoms with Gasteiger partial charge < -0.3 is 10.6 Å². The molecule has 2 aromatic rings. The van der Waals surface area contributed by atoms with Gasteiger partial charge in [0.25, 0.3) is 0 Å². The molecular weight excluding hydrogens is 340 g/mol. The third-order valence-electron chi connectivity index (χ3n) is 2.97. The lowest BCUT2D eigenvalue weighted by atomic mass is 10.1. The highest BCUT2D eigenvalue weighted by Crippen LogP contribution is 2.26. The summed E-state index contributed by atoms with van der Waals surface area (Å²) >= 11 is 9.26. The number of halogens is 2. The molecule has 104 valence electrons. The lowest BCUT2D eigenvalue weighted by molar-refractivity contribution is -0.117. The number of hydrogen-bond acceptors (Lipinski definition) is 2. The molecule has 0 saturated carbocycles. The molecule has 0 unspecified atom stereocenters. The van der Waals surface area contributed by atoms with Gasteiger partial charge in [0.05, 0.1) is 17.8 Å². The molecule has 3 nitrogen and oxygen atoms in total.